The van der Waals surface area contributed by atoms with E-state index in [1.165, 1.54) is 4.90 Å². The van der Waals surface area contributed by atoms with Crippen molar-refractivity contribution in [1.82, 2.24) is 14.7 Å². The van der Waals surface area contributed by atoms with E-state index in [0.717, 1.165) is 6.42 Å². The third-order valence-corrected chi connectivity index (χ3v) is 5.49. The smallest absolute Gasteiger partial charge is 0.254 e. The summed E-state index contributed by atoms with van der Waals surface area (Å²) in [6.45, 7) is 1.34. The van der Waals surface area contributed by atoms with Crippen LogP contribution in [0.2, 0.25) is 0 Å². The van der Waals surface area contributed by atoms with Gasteiger partial charge >= 0.3 is 0 Å². The summed E-state index contributed by atoms with van der Waals surface area (Å²) in [5, 5.41) is 0. The van der Waals surface area contributed by atoms with Crippen molar-refractivity contribution in [3.63, 3.8) is 0 Å². The molecule has 0 saturated carbocycles. The Morgan fingerprint density at radius 3 is 2.78 bits per heavy atom. The first-order chi connectivity index (χ1) is 12.9. The molecule has 1 aromatic rings. The van der Waals surface area contributed by atoms with Crippen molar-refractivity contribution in [2.24, 2.45) is 5.92 Å². The number of rotatable bonds is 3. The highest BCUT2D eigenvalue weighted by Gasteiger charge is 2.43. The van der Waals surface area contributed by atoms with Crippen molar-refractivity contribution in [2.45, 2.75) is 18.9 Å². The predicted octanol–water partition coefficient (Wildman–Crippen LogP) is 0.567. The molecule has 2 atom stereocenters. The van der Waals surface area contributed by atoms with Crippen molar-refractivity contribution >= 4 is 17.7 Å². The molecular weight excluding hydrogens is 350 g/mol. The van der Waals surface area contributed by atoms with Crippen LogP contribution in [0.3, 0.4) is 0 Å². The minimum atomic E-state index is -0.509. The zero-order chi connectivity index (χ0) is 19.1. The average molecular weight is 373 g/mol. The van der Waals surface area contributed by atoms with Crippen LogP contribution in [0.5, 0.6) is 11.5 Å². The molecule has 0 radical (unpaired) electrons. The van der Waals surface area contributed by atoms with Crippen LogP contribution in [0, 0.1) is 5.92 Å². The van der Waals surface area contributed by atoms with Gasteiger partial charge in [-0.15, -0.1) is 0 Å². The van der Waals surface area contributed by atoms with Crippen LogP contribution in [-0.2, 0) is 9.59 Å². The number of hydrogen-bond acceptors (Lipinski definition) is 5. The molecule has 0 spiro atoms. The molecular formula is C19H23N3O5. The fraction of sp³-hybridized carbons (Fsp3) is 0.526. The Labute approximate surface area is 157 Å². The van der Waals surface area contributed by atoms with E-state index >= 15 is 0 Å². The van der Waals surface area contributed by atoms with E-state index in [0.29, 0.717) is 42.5 Å². The SMILES string of the molecule is CN(C)C(=O)CN1C[C@H]2CCN(C(=O)c3ccc4c(c3)OCO4)[C@H](C2)C1=O. The molecule has 3 amide bonds. The Hall–Kier alpha value is -2.77. The van der Waals surface area contributed by atoms with Gasteiger partial charge in [0.15, 0.2) is 11.5 Å². The maximum atomic E-state index is 13.1. The summed E-state index contributed by atoms with van der Waals surface area (Å²) in [6, 6.07) is 4.57. The summed E-state index contributed by atoms with van der Waals surface area (Å²) in [7, 11) is 3.35. The largest absolute Gasteiger partial charge is 0.454 e. The quantitative estimate of drug-likeness (QED) is 0.774. The summed E-state index contributed by atoms with van der Waals surface area (Å²) in [5.74, 6) is 1.04. The first-order valence-electron chi connectivity index (χ1n) is 9.13. The summed E-state index contributed by atoms with van der Waals surface area (Å²) in [5.41, 5.74) is 0.479. The molecule has 0 aromatic heterocycles. The fourth-order valence-electron chi connectivity index (χ4n) is 3.94. The Balaban J connectivity index is 1.53. The zero-order valence-corrected chi connectivity index (χ0v) is 15.5. The van der Waals surface area contributed by atoms with Gasteiger partial charge in [0.25, 0.3) is 5.91 Å². The van der Waals surface area contributed by atoms with E-state index in [4.69, 9.17) is 9.47 Å². The number of carbonyl (C=O) groups is 3. The molecule has 2 bridgehead atoms. The van der Waals surface area contributed by atoms with Gasteiger partial charge in [-0.25, -0.2) is 0 Å². The number of carbonyl (C=O) groups excluding carboxylic acids is 3. The molecule has 3 aliphatic heterocycles. The van der Waals surface area contributed by atoms with Gasteiger partial charge in [-0.3, -0.25) is 14.4 Å². The molecule has 0 aliphatic carbocycles. The number of likely N-dealkylation sites (N-methyl/N-ethyl adjacent to an activating group) is 1. The van der Waals surface area contributed by atoms with Gasteiger partial charge in [0.05, 0.1) is 6.54 Å². The molecule has 3 aliphatic rings. The standard InChI is InChI=1S/C19H23N3O5/c1-20(2)17(23)10-21-9-12-5-6-22(14(7-12)19(21)25)18(24)13-3-4-15-16(8-13)27-11-26-15/h3-4,8,12,14H,5-7,9-11H2,1-2H3/t12-,14+/m0/s1. The molecule has 3 heterocycles. The number of nitrogens with zero attached hydrogens (tertiary/aromatic N) is 3. The first-order valence-corrected chi connectivity index (χ1v) is 9.13. The van der Waals surface area contributed by atoms with Crippen LogP contribution in [0.1, 0.15) is 23.2 Å². The van der Waals surface area contributed by atoms with Gasteiger partial charge in [0, 0.05) is 32.7 Å². The lowest BCUT2D eigenvalue weighted by Crippen LogP contribution is -2.61. The predicted molar refractivity (Wildman–Crippen MR) is 95.4 cm³/mol. The lowest BCUT2D eigenvalue weighted by molar-refractivity contribution is -0.148. The first kappa shape index (κ1) is 17.6. The van der Waals surface area contributed by atoms with E-state index < -0.39 is 6.04 Å². The van der Waals surface area contributed by atoms with Gasteiger partial charge in [0.2, 0.25) is 18.6 Å². The maximum absolute atomic E-state index is 13.1. The van der Waals surface area contributed by atoms with E-state index in [-0.39, 0.29) is 31.1 Å². The van der Waals surface area contributed by atoms with Crippen LogP contribution >= 0.6 is 0 Å². The van der Waals surface area contributed by atoms with Crippen LogP contribution in [-0.4, -0.2) is 79.0 Å². The summed E-state index contributed by atoms with van der Waals surface area (Å²) >= 11 is 0. The van der Waals surface area contributed by atoms with Gasteiger partial charge in [-0.1, -0.05) is 0 Å². The molecule has 8 nitrogen and oxygen atoms in total. The Morgan fingerprint density at radius 2 is 2.00 bits per heavy atom. The Bertz CT molecular complexity index is 794. The van der Waals surface area contributed by atoms with Crippen LogP contribution < -0.4 is 9.47 Å². The Kier molecular flexibility index (Phi) is 4.41. The number of fused-ring (bicyclic) bond motifs is 3. The average Bonchev–Trinajstić information content (AvgIpc) is 3.13. The zero-order valence-electron chi connectivity index (χ0n) is 15.5. The van der Waals surface area contributed by atoms with E-state index in [9.17, 15) is 14.4 Å². The van der Waals surface area contributed by atoms with Crippen LogP contribution in [0.15, 0.2) is 18.2 Å². The molecule has 4 rings (SSSR count). The lowest BCUT2D eigenvalue weighted by Gasteiger charge is -2.46. The van der Waals surface area contributed by atoms with Crippen molar-refractivity contribution in [3.8, 4) is 11.5 Å². The molecule has 8 heteroatoms. The van der Waals surface area contributed by atoms with Gasteiger partial charge in [0.1, 0.15) is 6.04 Å². The number of amides is 3. The number of ether oxygens (including phenoxy) is 2. The topological polar surface area (TPSA) is 79.4 Å². The number of hydrogen-bond donors (Lipinski definition) is 0. The van der Waals surface area contributed by atoms with E-state index in [2.05, 4.69) is 0 Å². The summed E-state index contributed by atoms with van der Waals surface area (Å²) in [6.07, 6.45) is 1.48. The summed E-state index contributed by atoms with van der Waals surface area (Å²) < 4.78 is 10.6. The van der Waals surface area contributed by atoms with E-state index in [1.807, 2.05) is 0 Å². The number of likely N-dealkylation sites (tertiary alicyclic amines) is 2. The van der Waals surface area contributed by atoms with Gasteiger partial charge < -0.3 is 24.2 Å². The second-order valence-electron chi connectivity index (χ2n) is 7.48. The van der Waals surface area contributed by atoms with Crippen LogP contribution in [0.25, 0.3) is 0 Å². The van der Waals surface area contributed by atoms with Crippen molar-refractivity contribution in [1.29, 1.82) is 0 Å². The normalized spacial score (nSPS) is 23.4. The lowest BCUT2D eigenvalue weighted by atomic mass is 9.85. The fourth-order valence-corrected chi connectivity index (χ4v) is 3.94. The van der Waals surface area contributed by atoms with Crippen LogP contribution in [0.4, 0.5) is 0 Å². The minimum absolute atomic E-state index is 0.0604. The molecule has 2 saturated heterocycles. The van der Waals surface area contributed by atoms with Crippen molar-refractivity contribution < 1.29 is 23.9 Å². The maximum Gasteiger partial charge on any atom is 0.254 e. The highest BCUT2D eigenvalue weighted by Crippen LogP contribution is 2.35. The molecule has 0 N–H and O–H groups in total. The third kappa shape index (κ3) is 3.20. The van der Waals surface area contributed by atoms with Gasteiger partial charge in [-0.05, 0) is 37.0 Å². The third-order valence-electron chi connectivity index (χ3n) is 5.49. The highest BCUT2D eigenvalue weighted by molar-refractivity contribution is 5.99. The van der Waals surface area contributed by atoms with Crippen molar-refractivity contribution in [2.75, 3.05) is 40.5 Å². The molecule has 1 aromatic carbocycles. The van der Waals surface area contributed by atoms with E-state index in [1.54, 1.807) is 42.1 Å². The number of benzene rings is 1. The monoisotopic (exact) mass is 373 g/mol. The molecule has 0 unspecified atom stereocenters. The van der Waals surface area contributed by atoms with Crippen molar-refractivity contribution in [3.05, 3.63) is 23.8 Å². The molecule has 2 fully saturated rings. The van der Waals surface area contributed by atoms with Gasteiger partial charge in [-0.2, -0.15) is 0 Å². The minimum Gasteiger partial charge on any atom is -0.454 e. The second kappa shape index (κ2) is 6.75. The number of piperidine rings is 2. The Morgan fingerprint density at radius 1 is 1.22 bits per heavy atom. The molecule has 144 valence electrons. The summed E-state index contributed by atoms with van der Waals surface area (Å²) in [4.78, 5) is 42.8. The second-order valence-corrected chi connectivity index (χ2v) is 7.48. The highest BCUT2D eigenvalue weighted by atomic mass is 16.7. The molecule has 27 heavy (non-hydrogen) atoms.